The zero-order valence-electron chi connectivity index (χ0n) is 18.3. The molecule has 1 unspecified atom stereocenters. The third kappa shape index (κ3) is 3.33. The third-order valence-corrected chi connectivity index (χ3v) is 7.62. The number of thiazole rings is 1. The molecular weight excluding hydrogens is 424 g/mol. The van der Waals surface area contributed by atoms with Crippen LogP contribution in [-0.2, 0) is 36.1 Å². The number of benzene rings is 1. The van der Waals surface area contributed by atoms with E-state index in [1.165, 1.54) is 27.8 Å². The fourth-order valence-electron chi connectivity index (χ4n) is 4.71. The summed E-state index contributed by atoms with van der Waals surface area (Å²) in [7, 11) is 0. The van der Waals surface area contributed by atoms with Crippen LogP contribution in [0.4, 0.5) is 4.79 Å². The molecule has 3 heterocycles. The lowest BCUT2D eigenvalue weighted by Crippen LogP contribution is -2.40. The summed E-state index contributed by atoms with van der Waals surface area (Å²) in [5, 5.41) is 2.84. The molecule has 0 spiro atoms. The van der Waals surface area contributed by atoms with Crippen LogP contribution in [-0.4, -0.2) is 26.2 Å². The van der Waals surface area contributed by atoms with Gasteiger partial charge in [-0.25, -0.2) is 9.78 Å². The van der Waals surface area contributed by atoms with E-state index in [0.717, 1.165) is 54.7 Å². The largest absolute Gasteiger partial charge is 0.325 e. The molecule has 0 saturated carbocycles. The van der Waals surface area contributed by atoms with E-state index in [2.05, 4.69) is 17.2 Å². The van der Waals surface area contributed by atoms with Crippen LogP contribution in [0.5, 0.6) is 0 Å². The van der Waals surface area contributed by atoms with Gasteiger partial charge in [0, 0.05) is 16.6 Å². The molecular formula is C24H26N4O3S. The van der Waals surface area contributed by atoms with Crippen molar-refractivity contribution < 1.29 is 9.59 Å². The molecule has 1 fully saturated rings. The first-order valence-electron chi connectivity index (χ1n) is 11.2. The summed E-state index contributed by atoms with van der Waals surface area (Å²) < 4.78 is 1.69. The topological polar surface area (TPSA) is 83.8 Å². The number of amides is 3. The van der Waals surface area contributed by atoms with Crippen LogP contribution >= 0.6 is 11.3 Å². The second-order valence-electron chi connectivity index (χ2n) is 8.78. The smallest absolute Gasteiger partial charge is 0.319 e. The molecule has 32 heavy (non-hydrogen) atoms. The first kappa shape index (κ1) is 20.9. The van der Waals surface area contributed by atoms with E-state index in [1.807, 2.05) is 24.3 Å². The minimum Gasteiger partial charge on any atom is -0.319 e. The van der Waals surface area contributed by atoms with Crippen LogP contribution in [0.1, 0.15) is 60.5 Å². The van der Waals surface area contributed by atoms with Crippen molar-refractivity contribution in [3.05, 3.63) is 68.1 Å². The lowest BCUT2D eigenvalue weighted by atomic mass is 9.91. The minimum atomic E-state index is -1.14. The normalized spacial score (nSPS) is 20.6. The number of aromatic nitrogens is 2. The molecule has 8 heteroatoms. The quantitative estimate of drug-likeness (QED) is 0.603. The number of fused-ring (bicyclic) bond motifs is 3. The maximum atomic E-state index is 13.3. The van der Waals surface area contributed by atoms with Gasteiger partial charge in [-0.2, -0.15) is 0 Å². The first-order chi connectivity index (χ1) is 15.4. The molecule has 1 aliphatic heterocycles. The molecule has 1 aromatic carbocycles. The molecule has 0 bridgehead atoms. The van der Waals surface area contributed by atoms with Gasteiger partial charge in [0.2, 0.25) is 0 Å². The van der Waals surface area contributed by atoms with E-state index in [1.54, 1.807) is 11.3 Å². The molecule has 1 N–H and O–H groups in total. The third-order valence-electron chi connectivity index (χ3n) is 6.48. The van der Waals surface area contributed by atoms with Gasteiger partial charge in [-0.05, 0) is 50.2 Å². The molecule has 166 valence electrons. The highest BCUT2D eigenvalue weighted by Gasteiger charge is 2.49. The Bertz CT molecular complexity index is 1280. The van der Waals surface area contributed by atoms with Crippen LogP contribution in [0.3, 0.4) is 0 Å². The zero-order valence-corrected chi connectivity index (χ0v) is 19.1. The highest BCUT2D eigenvalue weighted by molar-refractivity contribution is 7.17. The monoisotopic (exact) mass is 450 g/mol. The van der Waals surface area contributed by atoms with E-state index < -0.39 is 11.6 Å². The number of nitrogens with zero attached hydrogens (tertiary/aromatic N) is 3. The van der Waals surface area contributed by atoms with Crippen LogP contribution in [0.25, 0.3) is 4.96 Å². The Morgan fingerprint density at radius 2 is 1.88 bits per heavy atom. The summed E-state index contributed by atoms with van der Waals surface area (Å²) in [6.07, 6.45) is 6.08. The Balaban J connectivity index is 1.43. The molecule has 5 rings (SSSR count). The van der Waals surface area contributed by atoms with Crippen molar-refractivity contribution in [2.75, 3.05) is 0 Å². The SMILES string of the molecule is CCCc1ccc(C2(C)NC(=O)N(Cc3cc(=O)n4c5c(sc4n3)CCCC5)C2=O)cc1. The molecule has 3 aromatic rings. The van der Waals surface area contributed by atoms with Crippen molar-refractivity contribution in [3.63, 3.8) is 0 Å². The molecule has 1 atom stereocenters. The first-order valence-corrected chi connectivity index (χ1v) is 12.0. The lowest BCUT2D eigenvalue weighted by molar-refractivity contribution is -0.131. The molecule has 2 aromatic heterocycles. The second-order valence-corrected chi connectivity index (χ2v) is 9.84. The van der Waals surface area contributed by atoms with Crippen LogP contribution in [0.2, 0.25) is 0 Å². The molecule has 1 saturated heterocycles. The predicted molar refractivity (Wildman–Crippen MR) is 123 cm³/mol. The van der Waals surface area contributed by atoms with Crippen molar-refractivity contribution in [2.45, 2.75) is 64.5 Å². The number of imide groups is 1. The van der Waals surface area contributed by atoms with E-state index in [0.29, 0.717) is 10.7 Å². The van der Waals surface area contributed by atoms with Gasteiger partial charge in [0.25, 0.3) is 11.5 Å². The summed E-state index contributed by atoms with van der Waals surface area (Å²) in [5.41, 5.74) is 2.15. The Kier molecular flexibility index (Phi) is 5.12. The molecule has 2 aliphatic rings. The Morgan fingerprint density at radius 3 is 2.62 bits per heavy atom. The molecule has 0 radical (unpaired) electrons. The van der Waals surface area contributed by atoms with Crippen molar-refractivity contribution in [2.24, 2.45) is 0 Å². The number of hydrogen-bond donors (Lipinski definition) is 1. The average molecular weight is 451 g/mol. The number of nitrogens with one attached hydrogen (secondary N) is 1. The lowest BCUT2D eigenvalue weighted by Gasteiger charge is -2.22. The van der Waals surface area contributed by atoms with Crippen molar-refractivity contribution in [1.29, 1.82) is 0 Å². The van der Waals surface area contributed by atoms with Crippen molar-refractivity contribution >= 4 is 28.2 Å². The van der Waals surface area contributed by atoms with Gasteiger partial charge in [-0.3, -0.25) is 18.9 Å². The fraction of sp³-hybridized carbons (Fsp3) is 0.417. The molecule has 1 aliphatic carbocycles. The summed E-state index contributed by atoms with van der Waals surface area (Å²) in [5.74, 6) is -0.335. The summed E-state index contributed by atoms with van der Waals surface area (Å²) in [6.45, 7) is 3.82. The number of rotatable bonds is 5. The molecule has 3 amide bonds. The fourth-order valence-corrected chi connectivity index (χ4v) is 5.95. The van der Waals surface area contributed by atoms with E-state index in [-0.39, 0.29) is 18.0 Å². The van der Waals surface area contributed by atoms with E-state index in [4.69, 9.17) is 0 Å². The van der Waals surface area contributed by atoms with Gasteiger partial charge in [0.1, 0.15) is 5.54 Å². The Morgan fingerprint density at radius 1 is 1.12 bits per heavy atom. The van der Waals surface area contributed by atoms with Gasteiger partial charge in [0.05, 0.1) is 12.2 Å². The Hall–Kier alpha value is -3.00. The van der Waals surface area contributed by atoms with Gasteiger partial charge in [-0.15, -0.1) is 11.3 Å². The number of aryl methyl sites for hydroxylation is 3. The highest BCUT2D eigenvalue weighted by Crippen LogP contribution is 2.31. The van der Waals surface area contributed by atoms with Crippen LogP contribution < -0.4 is 10.9 Å². The number of carbonyl (C=O) groups excluding carboxylic acids is 2. The predicted octanol–water partition coefficient (Wildman–Crippen LogP) is 3.55. The average Bonchev–Trinajstić information content (AvgIpc) is 3.25. The van der Waals surface area contributed by atoms with Gasteiger partial charge < -0.3 is 5.32 Å². The van der Waals surface area contributed by atoms with Crippen molar-refractivity contribution in [1.82, 2.24) is 19.6 Å². The second kappa shape index (κ2) is 7.85. The number of urea groups is 1. The molecule has 7 nitrogen and oxygen atoms in total. The van der Waals surface area contributed by atoms with Gasteiger partial charge >= 0.3 is 6.03 Å². The van der Waals surface area contributed by atoms with Crippen molar-refractivity contribution in [3.8, 4) is 0 Å². The summed E-state index contributed by atoms with van der Waals surface area (Å²) >= 11 is 1.54. The van der Waals surface area contributed by atoms with E-state index >= 15 is 0 Å². The standard InChI is InChI=1S/C24H26N4O3S/c1-3-6-15-9-11-16(12-10-15)24(2)21(30)27(22(31)26-24)14-17-13-20(29)28-18-7-4-5-8-19(18)32-23(28)25-17/h9-13H,3-8,14H2,1-2H3,(H,26,31). The van der Waals surface area contributed by atoms with Crippen LogP contribution in [0, 0.1) is 0 Å². The Labute approximate surface area is 190 Å². The highest BCUT2D eigenvalue weighted by atomic mass is 32.1. The van der Waals surface area contributed by atoms with Crippen LogP contribution in [0.15, 0.2) is 35.1 Å². The maximum absolute atomic E-state index is 13.3. The van der Waals surface area contributed by atoms with Gasteiger partial charge in [-0.1, -0.05) is 37.6 Å². The zero-order chi connectivity index (χ0) is 22.5. The summed E-state index contributed by atoms with van der Waals surface area (Å²) in [4.78, 5) is 46.5. The maximum Gasteiger partial charge on any atom is 0.325 e. The number of carbonyl (C=O) groups is 2. The summed E-state index contributed by atoms with van der Waals surface area (Å²) in [6, 6.07) is 8.79. The van der Waals surface area contributed by atoms with E-state index in [9.17, 15) is 14.4 Å². The minimum absolute atomic E-state index is 0.0253. The van der Waals surface area contributed by atoms with Gasteiger partial charge in [0.15, 0.2) is 4.96 Å². The number of hydrogen-bond acceptors (Lipinski definition) is 5.